The number of hydrogen-bond donors (Lipinski definition) is 0. The van der Waals surface area contributed by atoms with E-state index in [2.05, 4.69) is 20.0 Å². The van der Waals surface area contributed by atoms with E-state index in [0.717, 1.165) is 55.3 Å². The predicted molar refractivity (Wildman–Crippen MR) is 92.4 cm³/mol. The molecule has 24 heavy (non-hydrogen) atoms. The van der Waals surface area contributed by atoms with Gasteiger partial charge in [-0.25, -0.2) is 9.50 Å². The van der Waals surface area contributed by atoms with Gasteiger partial charge in [0.2, 0.25) is 0 Å². The van der Waals surface area contributed by atoms with Crippen molar-refractivity contribution in [1.29, 1.82) is 0 Å². The maximum Gasteiger partial charge on any atom is 0.157 e. The van der Waals surface area contributed by atoms with Crippen molar-refractivity contribution in [1.82, 2.24) is 19.6 Å². The van der Waals surface area contributed by atoms with Crippen molar-refractivity contribution in [3.63, 3.8) is 0 Å². The van der Waals surface area contributed by atoms with E-state index in [1.807, 2.05) is 37.5 Å². The molecule has 0 spiro atoms. The summed E-state index contributed by atoms with van der Waals surface area (Å²) in [5, 5.41) is 4.19. The van der Waals surface area contributed by atoms with Gasteiger partial charge in [-0.05, 0) is 37.8 Å². The van der Waals surface area contributed by atoms with E-state index in [1.54, 1.807) is 16.9 Å². The van der Waals surface area contributed by atoms with Crippen molar-refractivity contribution in [2.45, 2.75) is 19.8 Å². The first kappa shape index (κ1) is 14.9. The average Bonchev–Trinajstić information content (AvgIpc) is 3.09. The highest BCUT2D eigenvalue weighted by molar-refractivity contribution is 5.47. The van der Waals surface area contributed by atoms with Crippen LogP contribution in [0.2, 0.25) is 0 Å². The molecule has 1 aliphatic rings. The van der Waals surface area contributed by atoms with Gasteiger partial charge in [-0.15, -0.1) is 0 Å². The lowest BCUT2D eigenvalue weighted by Gasteiger charge is -2.32. The second-order valence-corrected chi connectivity index (χ2v) is 6.30. The minimum atomic E-state index is 0.590. The summed E-state index contributed by atoms with van der Waals surface area (Å²) in [6.45, 7) is 4.83. The van der Waals surface area contributed by atoms with E-state index < -0.39 is 0 Å². The lowest BCUT2D eigenvalue weighted by atomic mass is 9.98. The molecule has 4 rings (SSSR count). The number of nitrogens with zero attached hydrogens (tertiary/aromatic N) is 5. The Morgan fingerprint density at radius 3 is 2.88 bits per heavy atom. The molecule has 1 saturated heterocycles. The minimum Gasteiger partial charge on any atom is -0.493 e. The monoisotopic (exact) mass is 323 g/mol. The molecule has 1 fully saturated rings. The number of anilines is 1. The highest BCUT2D eigenvalue weighted by Gasteiger charge is 2.21. The van der Waals surface area contributed by atoms with Gasteiger partial charge >= 0.3 is 0 Å². The van der Waals surface area contributed by atoms with Crippen LogP contribution < -0.4 is 9.64 Å². The molecule has 0 radical (unpaired) electrons. The lowest BCUT2D eigenvalue weighted by molar-refractivity contribution is 0.221. The summed E-state index contributed by atoms with van der Waals surface area (Å²) in [6.07, 6.45) is 9.61. The first-order chi connectivity index (χ1) is 11.8. The summed E-state index contributed by atoms with van der Waals surface area (Å²) in [4.78, 5) is 11.1. The maximum absolute atomic E-state index is 5.98. The van der Waals surface area contributed by atoms with Gasteiger partial charge < -0.3 is 9.64 Å². The standard InChI is InChI=1S/C18H21N5O/c1-14-12-19-7-2-16(14)24-13-15-4-9-22(10-5-15)17-6-11-23-18(21-17)3-8-20-23/h2-3,6-8,11-12,15H,4-5,9-10,13H2,1H3. The molecule has 4 heterocycles. The van der Waals surface area contributed by atoms with Crippen LogP contribution in [0.4, 0.5) is 5.82 Å². The number of aryl methyl sites for hydroxylation is 1. The summed E-state index contributed by atoms with van der Waals surface area (Å²) in [7, 11) is 0. The smallest absolute Gasteiger partial charge is 0.157 e. The van der Waals surface area contributed by atoms with E-state index >= 15 is 0 Å². The van der Waals surface area contributed by atoms with Gasteiger partial charge in [-0.1, -0.05) is 0 Å². The second kappa shape index (κ2) is 6.47. The quantitative estimate of drug-likeness (QED) is 0.739. The first-order valence-corrected chi connectivity index (χ1v) is 8.38. The summed E-state index contributed by atoms with van der Waals surface area (Å²) < 4.78 is 7.77. The number of ether oxygens (including phenoxy) is 1. The van der Waals surface area contributed by atoms with E-state index in [0.29, 0.717) is 5.92 Å². The first-order valence-electron chi connectivity index (χ1n) is 8.38. The Labute approximate surface area is 141 Å². The van der Waals surface area contributed by atoms with Crippen molar-refractivity contribution in [2.24, 2.45) is 5.92 Å². The van der Waals surface area contributed by atoms with Crippen LogP contribution in [0.3, 0.4) is 0 Å². The number of hydrogen-bond acceptors (Lipinski definition) is 5. The largest absolute Gasteiger partial charge is 0.493 e. The van der Waals surface area contributed by atoms with Gasteiger partial charge in [0.05, 0.1) is 12.8 Å². The molecule has 0 N–H and O–H groups in total. The fourth-order valence-electron chi connectivity index (χ4n) is 3.14. The molecule has 3 aromatic heterocycles. The normalized spacial score (nSPS) is 15.8. The molecule has 0 aromatic carbocycles. The fraction of sp³-hybridized carbons (Fsp3) is 0.389. The Kier molecular flexibility index (Phi) is 4.02. The molecule has 0 bridgehead atoms. The van der Waals surface area contributed by atoms with Gasteiger partial charge in [0.1, 0.15) is 11.6 Å². The van der Waals surface area contributed by atoms with Crippen LogP contribution in [-0.2, 0) is 0 Å². The van der Waals surface area contributed by atoms with Crippen LogP contribution in [0.25, 0.3) is 5.65 Å². The Bertz CT molecular complexity index is 823. The third-order valence-electron chi connectivity index (χ3n) is 4.63. The fourth-order valence-corrected chi connectivity index (χ4v) is 3.14. The van der Waals surface area contributed by atoms with Crippen LogP contribution >= 0.6 is 0 Å². The van der Waals surface area contributed by atoms with Gasteiger partial charge in [-0.3, -0.25) is 4.98 Å². The lowest BCUT2D eigenvalue weighted by Crippen LogP contribution is -2.36. The van der Waals surface area contributed by atoms with Gasteiger partial charge in [0.15, 0.2) is 5.65 Å². The Hall–Kier alpha value is -2.63. The van der Waals surface area contributed by atoms with Gasteiger partial charge in [-0.2, -0.15) is 5.10 Å². The second-order valence-electron chi connectivity index (χ2n) is 6.30. The van der Waals surface area contributed by atoms with E-state index in [-0.39, 0.29) is 0 Å². The average molecular weight is 323 g/mol. The predicted octanol–water partition coefficient (Wildman–Crippen LogP) is 2.73. The molecular weight excluding hydrogens is 302 g/mol. The molecule has 0 saturated carbocycles. The summed E-state index contributed by atoms with van der Waals surface area (Å²) >= 11 is 0. The molecule has 3 aromatic rings. The maximum atomic E-state index is 5.98. The van der Waals surface area contributed by atoms with E-state index in [1.165, 1.54) is 0 Å². The van der Waals surface area contributed by atoms with E-state index in [4.69, 9.17) is 4.74 Å². The van der Waals surface area contributed by atoms with Crippen molar-refractivity contribution in [3.05, 3.63) is 48.5 Å². The van der Waals surface area contributed by atoms with Crippen molar-refractivity contribution < 1.29 is 4.74 Å². The number of pyridine rings is 1. The number of rotatable bonds is 4. The zero-order valence-corrected chi connectivity index (χ0v) is 13.8. The molecule has 0 amide bonds. The SMILES string of the molecule is Cc1cnccc1OCC1CCN(c2ccn3nccc3n2)CC1. The van der Waals surface area contributed by atoms with Crippen molar-refractivity contribution in [3.8, 4) is 5.75 Å². The van der Waals surface area contributed by atoms with Crippen molar-refractivity contribution in [2.75, 3.05) is 24.6 Å². The topological polar surface area (TPSA) is 55.5 Å². The van der Waals surface area contributed by atoms with Gasteiger partial charge in [0.25, 0.3) is 0 Å². The molecule has 0 aliphatic carbocycles. The summed E-state index contributed by atoms with van der Waals surface area (Å²) in [5.41, 5.74) is 1.99. The minimum absolute atomic E-state index is 0.590. The number of fused-ring (bicyclic) bond motifs is 1. The molecule has 0 atom stereocenters. The summed E-state index contributed by atoms with van der Waals surface area (Å²) in [6, 6.07) is 5.91. The molecule has 124 valence electrons. The van der Waals surface area contributed by atoms with E-state index in [9.17, 15) is 0 Å². The number of aromatic nitrogens is 4. The van der Waals surface area contributed by atoms with Crippen LogP contribution in [0.5, 0.6) is 5.75 Å². The molecule has 1 aliphatic heterocycles. The number of piperidine rings is 1. The van der Waals surface area contributed by atoms with Crippen LogP contribution in [0, 0.1) is 12.8 Å². The molecule has 6 nitrogen and oxygen atoms in total. The zero-order valence-electron chi connectivity index (χ0n) is 13.8. The highest BCUT2D eigenvalue weighted by Crippen LogP contribution is 2.24. The molecule has 0 unspecified atom stereocenters. The zero-order chi connectivity index (χ0) is 16.4. The van der Waals surface area contributed by atoms with Crippen LogP contribution in [-0.4, -0.2) is 39.3 Å². The van der Waals surface area contributed by atoms with Crippen LogP contribution in [0.15, 0.2) is 43.0 Å². The third-order valence-corrected chi connectivity index (χ3v) is 4.63. The highest BCUT2D eigenvalue weighted by atomic mass is 16.5. The Morgan fingerprint density at radius 1 is 1.17 bits per heavy atom. The molecule has 6 heteroatoms. The summed E-state index contributed by atoms with van der Waals surface area (Å²) in [5.74, 6) is 2.57. The molecular formula is C18H21N5O. The van der Waals surface area contributed by atoms with Crippen molar-refractivity contribution >= 4 is 11.5 Å². The Morgan fingerprint density at radius 2 is 2.04 bits per heavy atom. The Balaban J connectivity index is 1.34. The van der Waals surface area contributed by atoms with Crippen LogP contribution in [0.1, 0.15) is 18.4 Å². The third kappa shape index (κ3) is 3.04. The van der Waals surface area contributed by atoms with Gasteiger partial charge in [0, 0.05) is 43.3 Å².